The smallest absolute Gasteiger partial charge is 0.194 e. The molecule has 0 unspecified atom stereocenters. The highest BCUT2D eigenvalue weighted by Gasteiger charge is 2.28. The molecule has 0 heterocycles. The van der Waals surface area contributed by atoms with Crippen LogP contribution in [0.5, 0.6) is 0 Å². The molecule has 2 nitrogen and oxygen atoms in total. The van der Waals surface area contributed by atoms with Crippen LogP contribution >= 0.6 is 0 Å². The summed E-state index contributed by atoms with van der Waals surface area (Å²) in [5, 5.41) is 0. The summed E-state index contributed by atoms with van der Waals surface area (Å²) in [6.45, 7) is 14.7. The molecule has 0 N–H and O–H groups in total. The van der Waals surface area contributed by atoms with Crippen LogP contribution < -0.4 is 0 Å². The van der Waals surface area contributed by atoms with Gasteiger partial charge in [0, 0.05) is 13.1 Å². The van der Waals surface area contributed by atoms with Gasteiger partial charge in [0.05, 0.1) is 0 Å². The molecule has 0 spiro atoms. The van der Waals surface area contributed by atoms with Gasteiger partial charge in [-0.05, 0) is 0 Å². The van der Waals surface area contributed by atoms with Crippen molar-refractivity contribution in [2.75, 3.05) is 13.1 Å². The van der Waals surface area contributed by atoms with E-state index in [4.69, 9.17) is 0 Å². The Labute approximate surface area is 81.9 Å². The van der Waals surface area contributed by atoms with Crippen LogP contribution in [0.25, 0.3) is 0 Å². The van der Waals surface area contributed by atoms with Crippen LogP contribution in [-0.2, 0) is 0 Å². The Morgan fingerprint density at radius 3 is 1.85 bits per heavy atom. The first-order valence-corrected chi connectivity index (χ1v) is 7.94. The Bertz CT molecular complexity index is 195. The minimum Gasteiger partial charge on any atom is -0.340 e. The largest absolute Gasteiger partial charge is 0.340 e. The molecule has 1 amide bonds. The van der Waals surface area contributed by atoms with E-state index in [9.17, 15) is 4.79 Å². The van der Waals surface area contributed by atoms with E-state index in [2.05, 4.69) is 32.8 Å². The summed E-state index contributed by atoms with van der Waals surface area (Å²) in [6, 6.07) is 0. The van der Waals surface area contributed by atoms with E-state index < -0.39 is 8.07 Å². The van der Waals surface area contributed by atoms with Gasteiger partial charge in [-0.25, -0.2) is 0 Å². The van der Waals surface area contributed by atoms with Crippen LogP contribution in [0.4, 0.5) is 4.79 Å². The summed E-state index contributed by atoms with van der Waals surface area (Å²) in [5.41, 5.74) is 0.271. The van der Waals surface area contributed by atoms with E-state index >= 15 is 0 Å². The molecule has 13 heavy (non-hydrogen) atoms. The molecule has 0 aromatic carbocycles. The van der Waals surface area contributed by atoms with Crippen LogP contribution in [0.1, 0.15) is 0 Å². The second kappa shape index (κ2) is 5.02. The normalized spacial score (nSPS) is 10.7. The highest BCUT2D eigenvalue weighted by molar-refractivity contribution is 7.03. The second-order valence-corrected chi connectivity index (χ2v) is 8.97. The molecule has 0 saturated carbocycles. The van der Waals surface area contributed by atoms with E-state index in [1.54, 1.807) is 17.1 Å². The van der Waals surface area contributed by atoms with Crippen LogP contribution in [0, 0.1) is 0 Å². The summed E-state index contributed by atoms with van der Waals surface area (Å²) in [6.07, 6.45) is 3.50. The molecule has 3 heteroatoms. The van der Waals surface area contributed by atoms with Crippen LogP contribution in [0.15, 0.2) is 25.3 Å². The lowest BCUT2D eigenvalue weighted by molar-refractivity contribution is 0.229. The third-order valence-corrected chi connectivity index (χ3v) is 3.23. The molecule has 0 aromatic heterocycles. The fourth-order valence-corrected chi connectivity index (χ4v) is 2.16. The molecule has 0 rings (SSSR count). The highest BCUT2D eigenvalue weighted by atomic mass is 28.3. The zero-order chi connectivity index (χ0) is 10.5. The maximum atomic E-state index is 11.8. The monoisotopic (exact) mass is 197 g/mol. The number of carbonyl (C=O) groups excluding carboxylic acids is 1. The molecular weight excluding hydrogens is 178 g/mol. The van der Waals surface area contributed by atoms with Crippen molar-refractivity contribution in [3.63, 3.8) is 0 Å². The van der Waals surface area contributed by atoms with Gasteiger partial charge in [0.25, 0.3) is 0 Å². The van der Waals surface area contributed by atoms with E-state index in [1.807, 2.05) is 0 Å². The Hall–Kier alpha value is -0.833. The predicted octanol–water partition coefficient (Wildman–Crippen LogP) is 2.70. The summed E-state index contributed by atoms with van der Waals surface area (Å²) in [5.74, 6) is 0. The molecule has 0 radical (unpaired) electrons. The summed E-state index contributed by atoms with van der Waals surface area (Å²) >= 11 is 0. The predicted molar refractivity (Wildman–Crippen MR) is 60.7 cm³/mol. The SMILES string of the molecule is C=CCN(CC=C)C(=O)[Si](C)(C)C. The number of hydrogen-bond acceptors (Lipinski definition) is 1. The van der Waals surface area contributed by atoms with Crippen molar-refractivity contribution in [2.45, 2.75) is 19.6 Å². The third-order valence-electron chi connectivity index (χ3n) is 1.63. The van der Waals surface area contributed by atoms with Gasteiger partial charge < -0.3 is 4.90 Å². The van der Waals surface area contributed by atoms with Gasteiger partial charge in [-0.3, -0.25) is 4.79 Å². The summed E-state index contributed by atoms with van der Waals surface area (Å²) < 4.78 is 0. The molecule has 0 aliphatic rings. The Morgan fingerprint density at radius 2 is 1.62 bits per heavy atom. The van der Waals surface area contributed by atoms with Crippen LogP contribution in [-0.4, -0.2) is 31.6 Å². The second-order valence-electron chi connectivity index (χ2n) is 4.04. The Balaban J connectivity index is 4.44. The fourth-order valence-electron chi connectivity index (χ4n) is 1.03. The third kappa shape index (κ3) is 4.08. The van der Waals surface area contributed by atoms with Gasteiger partial charge in [0.15, 0.2) is 13.6 Å². The number of nitrogens with zero attached hydrogens (tertiary/aromatic N) is 1. The maximum absolute atomic E-state index is 11.8. The van der Waals surface area contributed by atoms with E-state index in [0.717, 1.165) is 0 Å². The average molecular weight is 197 g/mol. The molecule has 0 atom stereocenters. The highest BCUT2D eigenvalue weighted by Crippen LogP contribution is 2.08. The minimum atomic E-state index is -1.71. The first-order chi connectivity index (χ1) is 5.93. The zero-order valence-electron chi connectivity index (χ0n) is 8.84. The van der Waals surface area contributed by atoms with Crippen molar-refractivity contribution in [1.29, 1.82) is 0 Å². The molecule has 74 valence electrons. The van der Waals surface area contributed by atoms with Crippen molar-refractivity contribution in [2.24, 2.45) is 0 Å². The fraction of sp³-hybridized carbons (Fsp3) is 0.500. The number of hydrogen-bond donors (Lipinski definition) is 0. The van der Waals surface area contributed by atoms with Gasteiger partial charge in [-0.1, -0.05) is 31.8 Å². The van der Waals surface area contributed by atoms with Gasteiger partial charge in [-0.15, -0.1) is 13.2 Å². The quantitative estimate of drug-likeness (QED) is 0.490. The lowest BCUT2D eigenvalue weighted by Crippen LogP contribution is -2.45. The average Bonchev–Trinajstić information content (AvgIpc) is 2.01. The molecule has 0 aliphatic carbocycles. The number of carbonyl (C=O) groups is 1. The van der Waals surface area contributed by atoms with Gasteiger partial charge in [-0.2, -0.15) is 0 Å². The summed E-state index contributed by atoms with van der Waals surface area (Å²) in [4.78, 5) is 13.6. The van der Waals surface area contributed by atoms with Gasteiger partial charge in [0.2, 0.25) is 0 Å². The number of amides is 1. The van der Waals surface area contributed by atoms with Gasteiger partial charge >= 0.3 is 0 Å². The zero-order valence-corrected chi connectivity index (χ0v) is 9.84. The van der Waals surface area contributed by atoms with Crippen molar-refractivity contribution < 1.29 is 4.79 Å². The molecule has 0 aromatic rings. The lowest BCUT2D eigenvalue weighted by Gasteiger charge is -2.26. The molecule has 0 aliphatic heterocycles. The molecular formula is C10H19NOSi. The van der Waals surface area contributed by atoms with Crippen LogP contribution in [0.2, 0.25) is 19.6 Å². The van der Waals surface area contributed by atoms with Crippen molar-refractivity contribution >= 4 is 13.6 Å². The Kier molecular flexibility index (Phi) is 4.70. The van der Waals surface area contributed by atoms with Crippen LogP contribution in [0.3, 0.4) is 0 Å². The van der Waals surface area contributed by atoms with E-state index in [-0.39, 0.29) is 5.53 Å². The first-order valence-electron chi connectivity index (χ1n) is 4.44. The number of rotatable bonds is 5. The molecule has 0 bridgehead atoms. The van der Waals surface area contributed by atoms with Crippen molar-refractivity contribution in [1.82, 2.24) is 4.90 Å². The summed E-state index contributed by atoms with van der Waals surface area (Å²) in [7, 11) is -1.71. The molecule has 0 fully saturated rings. The van der Waals surface area contributed by atoms with E-state index in [1.165, 1.54) is 0 Å². The Morgan fingerprint density at radius 1 is 1.23 bits per heavy atom. The molecule has 0 saturated heterocycles. The van der Waals surface area contributed by atoms with Gasteiger partial charge in [0.1, 0.15) is 0 Å². The van der Waals surface area contributed by atoms with Crippen molar-refractivity contribution in [3.8, 4) is 0 Å². The van der Waals surface area contributed by atoms with E-state index in [0.29, 0.717) is 13.1 Å². The first kappa shape index (κ1) is 12.2. The minimum absolute atomic E-state index is 0.271. The maximum Gasteiger partial charge on any atom is 0.194 e. The topological polar surface area (TPSA) is 20.3 Å². The lowest BCUT2D eigenvalue weighted by atomic mass is 10.5. The van der Waals surface area contributed by atoms with Crippen molar-refractivity contribution in [3.05, 3.63) is 25.3 Å². The standard InChI is InChI=1S/C10H19NOSi/c1-6-8-11(9-7-2)10(12)13(3,4)5/h6-7H,1-2,8-9H2,3-5H3.